The molecule has 0 aromatic rings. The fourth-order valence-electron chi connectivity index (χ4n) is 2.27. The number of hydrogen-bond acceptors (Lipinski definition) is 3. The Morgan fingerprint density at radius 1 is 1.33 bits per heavy atom. The zero-order valence-electron chi connectivity index (χ0n) is 12.3. The summed E-state index contributed by atoms with van der Waals surface area (Å²) in [6, 6.07) is 0. The maximum absolute atomic E-state index is 11.5. The van der Waals surface area contributed by atoms with Crippen LogP contribution in [0.3, 0.4) is 0 Å². The van der Waals surface area contributed by atoms with E-state index >= 15 is 0 Å². The average Bonchev–Trinajstić information content (AvgIpc) is 2.26. The first-order valence-electron chi connectivity index (χ1n) is 7.10. The molecule has 1 rings (SSSR count). The van der Waals surface area contributed by atoms with Crippen LogP contribution in [0.15, 0.2) is 0 Å². The first-order valence-corrected chi connectivity index (χ1v) is 7.10. The molecule has 0 saturated carbocycles. The molecule has 1 saturated heterocycles. The van der Waals surface area contributed by atoms with Crippen LogP contribution in [0.2, 0.25) is 0 Å². The molecule has 0 atom stereocenters. The average molecular weight is 256 g/mol. The summed E-state index contributed by atoms with van der Waals surface area (Å²) in [6.07, 6.45) is 3.28. The number of nitrogens with one attached hydrogen (secondary N) is 1. The van der Waals surface area contributed by atoms with E-state index in [0.29, 0.717) is 5.92 Å². The highest BCUT2D eigenvalue weighted by atomic mass is 16.6. The third-order valence-corrected chi connectivity index (χ3v) is 3.18. The highest BCUT2D eigenvalue weighted by Crippen LogP contribution is 2.16. The molecule has 18 heavy (non-hydrogen) atoms. The minimum atomic E-state index is -0.408. The number of alkyl carbamates (subject to hydrolysis) is 1. The van der Waals surface area contributed by atoms with Gasteiger partial charge in [-0.05, 0) is 65.6 Å². The van der Waals surface area contributed by atoms with Crippen LogP contribution in [-0.4, -0.2) is 42.8 Å². The minimum Gasteiger partial charge on any atom is -0.444 e. The zero-order valence-corrected chi connectivity index (χ0v) is 12.3. The predicted molar refractivity (Wildman–Crippen MR) is 73.7 cm³/mol. The Morgan fingerprint density at radius 3 is 2.44 bits per heavy atom. The highest BCUT2D eigenvalue weighted by molar-refractivity contribution is 5.67. The monoisotopic (exact) mass is 256 g/mol. The van der Waals surface area contributed by atoms with E-state index in [1.807, 2.05) is 20.8 Å². The van der Waals surface area contributed by atoms with Crippen molar-refractivity contribution in [2.75, 3.05) is 26.2 Å². The van der Waals surface area contributed by atoms with Gasteiger partial charge in [0.2, 0.25) is 0 Å². The molecule has 0 aromatic heterocycles. The Bertz CT molecular complexity index is 253. The third kappa shape index (κ3) is 6.24. The standard InChI is InChI=1S/C14H28N2O2/c1-5-8-16-9-6-12(7-10-16)11-15-13(17)18-14(2,3)4/h12H,5-11H2,1-4H3,(H,15,17). The molecule has 106 valence electrons. The Balaban J connectivity index is 2.16. The van der Waals surface area contributed by atoms with Gasteiger partial charge in [-0.1, -0.05) is 6.92 Å². The second-order valence-electron chi connectivity index (χ2n) is 6.17. The van der Waals surface area contributed by atoms with Crippen molar-refractivity contribution in [1.82, 2.24) is 10.2 Å². The lowest BCUT2D eigenvalue weighted by Crippen LogP contribution is -2.40. The Kier molecular flexibility index (Phi) is 5.93. The largest absolute Gasteiger partial charge is 0.444 e. The predicted octanol–water partition coefficient (Wildman–Crippen LogP) is 2.63. The van der Waals surface area contributed by atoms with Gasteiger partial charge in [-0.15, -0.1) is 0 Å². The fraction of sp³-hybridized carbons (Fsp3) is 0.929. The molecule has 1 amide bonds. The van der Waals surface area contributed by atoms with Crippen molar-refractivity contribution in [3.63, 3.8) is 0 Å². The van der Waals surface area contributed by atoms with Crippen LogP contribution in [0.5, 0.6) is 0 Å². The van der Waals surface area contributed by atoms with E-state index < -0.39 is 5.60 Å². The SMILES string of the molecule is CCCN1CCC(CNC(=O)OC(C)(C)C)CC1. The first-order chi connectivity index (χ1) is 8.40. The van der Waals surface area contributed by atoms with Crippen LogP contribution in [-0.2, 0) is 4.74 Å². The number of nitrogens with zero attached hydrogens (tertiary/aromatic N) is 1. The van der Waals surface area contributed by atoms with Gasteiger partial charge in [0.15, 0.2) is 0 Å². The maximum Gasteiger partial charge on any atom is 0.407 e. The summed E-state index contributed by atoms with van der Waals surface area (Å²) in [6.45, 7) is 12.1. The Morgan fingerprint density at radius 2 is 1.94 bits per heavy atom. The van der Waals surface area contributed by atoms with Crippen molar-refractivity contribution < 1.29 is 9.53 Å². The number of ether oxygens (including phenoxy) is 1. The molecular weight excluding hydrogens is 228 g/mol. The smallest absolute Gasteiger partial charge is 0.407 e. The van der Waals surface area contributed by atoms with Crippen molar-refractivity contribution in [2.45, 2.75) is 52.6 Å². The number of amides is 1. The summed E-state index contributed by atoms with van der Waals surface area (Å²) >= 11 is 0. The van der Waals surface area contributed by atoms with E-state index in [1.54, 1.807) is 0 Å². The maximum atomic E-state index is 11.5. The number of rotatable bonds is 4. The molecule has 4 nitrogen and oxygen atoms in total. The molecule has 0 aliphatic carbocycles. The summed E-state index contributed by atoms with van der Waals surface area (Å²) in [5, 5.41) is 2.88. The van der Waals surface area contributed by atoms with E-state index in [2.05, 4.69) is 17.1 Å². The van der Waals surface area contributed by atoms with Crippen molar-refractivity contribution in [3.05, 3.63) is 0 Å². The lowest BCUT2D eigenvalue weighted by atomic mass is 9.97. The van der Waals surface area contributed by atoms with Crippen molar-refractivity contribution in [2.24, 2.45) is 5.92 Å². The molecule has 1 N–H and O–H groups in total. The summed E-state index contributed by atoms with van der Waals surface area (Å²) in [5.74, 6) is 0.602. The van der Waals surface area contributed by atoms with Crippen LogP contribution in [0, 0.1) is 5.92 Å². The molecule has 0 spiro atoms. The number of carbonyl (C=O) groups is 1. The minimum absolute atomic E-state index is 0.293. The van der Waals surface area contributed by atoms with Crippen molar-refractivity contribution in [1.29, 1.82) is 0 Å². The van der Waals surface area contributed by atoms with Gasteiger partial charge in [-0.3, -0.25) is 0 Å². The van der Waals surface area contributed by atoms with Gasteiger partial charge in [0.1, 0.15) is 5.60 Å². The van der Waals surface area contributed by atoms with E-state index in [4.69, 9.17) is 4.74 Å². The molecule has 0 aromatic carbocycles. The van der Waals surface area contributed by atoms with E-state index in [9.17, 15) is 4.79 Å². The quantitative estimate of drug-likeness (QED) is 0.840. The molecule has 4 heteroatoms. The molecule has 1 fully saturated rings. The van der Waals surface area contributed by atoms with Crippen LogP contribution < -0.4 is 5.32 Å². The van der Waals surface area contributed by atoms with Gasteiger partial charge in [-0.2, -0.15) is 0 Å². The van der Waals surface area contributed by atoms with Crippen LogP contribution >= 0.6 is 0 Å². The molecule has 1 heterocycles. The van der Waals surface area contributed by atoms with Crippen molar-refractivity contribution in [3.8, 4) is 0 Å². The van der Waals surface area contributed by atoms with Crippen LogP contribution in [0.25, 0.3) is 0 Å². The summed E-state index contributed by atoms with van der Waals surface area (Å²) in [4.78, 5) is 14.0. The van der Waals surface area contributed by atoms with Gasteiger partial charge >= 0.3 is 6.09 Å². The second-order valence-corrected chi connectivity index (χ2v) is 6.17. The summed E-state index contributed by atoms with van der Waals surface area (Å²) < 4.78 is 5.23. The van der Waals surface area contributed by atoms with Gasteiger partial charge in [0.05, 0.1) is 0 Å². The Labute approximate surface area is 111 Å². The van der Waals surface area contributed by atoms with E-state index in [1.165, 1.54) is 25.8 Å². The number of carbonyl (C=O) groups excluding carboxylic acids is 1. The lowest BCUT2D eigenvalue weighted by Gasteiger charge is -2.31. The number of piperidine rings is 1. The molecule has 0 bridgehead atoms. The van der Waals surface area contributed by atoms with Gasteiger partial charge < -0.3 is 15.0 Å². The van der Waals surface area contributed by atoms with Crippen LogP contribution in [0.4, 0.5) is 4.79 Å². The van der Waals surface area contributed by atoms with Gasteiger partial charge in [0.25, 0.3) is 0 Å². The van der Waals surface area contributed by atoms with Crippen LogP contribution in [0.1, 0.15) is 47.0 Å². The Hall–Kier alpha value is -0.770. The second kappa shape index (κ2) is 6.98. The number of likely N-dealkylation sites (tertiary alicyclic amines) is 1. The first kappa shape index (κ1) is 15.3. The van der Waals surface area contributed by atoms with Crippen molar-refractivity contribution >= 4 is 6.09 Å². The molecule has 1 aliphatic heterocycles. The normalized spacial score (nSPS) is 18.7. The van der Waals surface area contributed by atoms with E-state index in [0.717, 1.165) is 19.6 Å². The van der Waals surface area contributed by atoms with Gasteiger partial charge in [0, 0.05) is 6.54 Å². The number of hydrogen-bond donors (Lipinski definition) is 1. The topological polar surface area (TPSA) is 41.6 Å². The zero-order chi connectivity index (χ0) is 13.6. The van der Waals surface area contributed by atoms with Gasteiger partial charge in [-0.25, -0.2) is 4.79 Å². The van der Waals surface area contributed by atoms with E-state index in [-0.39, 0.29) is 6.09 Å². The highest BCUT2D eigenvalue weighted by Gasteiger charge is 2.20. The molecule has 0 unspecified atom stereocenters. The summed E-state index contributed by atoms with van der Waals surface area (Å²) in [7, 11) is 0. The third-order valence-electron chi connectivity index (χ3n) is 3.18. The molecular formula is C14H28N2O2. The summed E-state index contributed by atoms with van der Waals surface area (Å²) in [5.41, 5.74) is -0.408. The molecule has 1 aliphatic rings. The molecule has 0 radical (unpaired) electrons. The fourth-order valence-corrected chi connectivity index (χ4v) is 2.27. The lowest BCUT2D eigenvalue weighted by molar-refractivity contribution is 0.0510.